The number of nitrogens with zero attached hydrogens (tertiary/aromatic N) is 2. The van der Waals surface area contributed by atoms with Crippen LogP contribution in [0.1, 0.15) is 23.7 Å². The first-order chi connectivity index (χ1) is 11.8. The third kappa shape index (κ3) is 4.33. The second-order valence-corrected chi connectivity index (χ2v) is 8.28. The van der Waals surface area contributed by atoms with Crippen molar-refractivity contribution in [2.24, 2.45) is 0 Å². The zero-order valence-electron chi connectivity index (χ0n) is 13.6. The van der Waals surface area contributed by atoms with Crippen molar-refractivity contribution in [1.82, 2.24) is 9.78 Å². The quantitative estimate of drug-likeness (QED) is 0.846. The van der Waals surface area contributed by atoms with Gasteiger partial charge in [0.1, 0.15) is 11.6 Å². The molecular weight excluding hydrogens is 345 g/mol. The Morgan fingerprint density at radius 2 is 2.08 bits per heavy atom. The van der Waals surface area contributed by atoms with E-state index < -0.39 is 9.84 Å². The number of rotatable bonds is 4. The normalized spacial score (nSPS) is 19.4. The van der Waals surface area contributed by atoms with Crippen LogP contribution < -0.4 is 5.32 Å². The van der Waals surface area contributed by atoms with Crippen molar-refractivity contribution >= 4 is 27.6 Å². The van der Waals surface area contributed by atoms with Gasteiger partial charge in [0, 0.05) is 12.1 Å². The Hall–Kier alpha value is -2.48. The van der Waals surface area contributed by atoms with Gasteiger partial charge in [-0.05, 0) is 37.1 Å². The molecule has 6 nitrogen and oxygen atoms in total. The Balaban J connectivity index is 1.72. The van der Waals surface area contributed by atoms with Gasteiger partial charge in [0.05, 0.1) is 23.2 Å². The molecule has 1 aliphatic heterocycles. The van der Waals surface area contributed by atoms with Crippen molar-refractivity contribution in [3.8, 4) is 0 Å². The standard InChI is InChI=1S/C17H18FN3O3S/c1-12-10-16(21(20-12)15-8-9-25(23,24)11-15)19-17(22)7-4-13-2-5-14(18)6-3-13/h2-7,10,15H,8-9,11H2,1H3,(H,19,22)/b7-4+. The molecule has 1 fully saturated rings. The minimum atomic E-state index is -3.05. The highest BCUT2D eigenvalue weighted by atomic mass is 32.2. The van der Waals surface area contributed by atoms with Gasteiger partial charge in [-0.15, -0.1) is 0 Å². The lowest BCUT2D eigenvalue weighted by atomic mass is 10.2. The molecule has 1 atom stereocenters. The van der Waals surface area contributed by atoms with Crippen LogP contribution >= 0.6 is 0 Å². The monoisotopic (exact) mass is 363 g/mol. The van der Waals surface area contributed by atoms with Gasteiger partial charge in [-0.1, -0.05) is 12.1 Å². The van der Waals surface area contributed by atoms with E-state index in [0.717, 1.165) is 0 Å². The Labute approximate surface area is 145 Å². The number of aryl methyl sites for hydroxylation is 1. The van der Waals surface area contributed by atoms with Crippen molar-refractivity contribution in [2.75, 3.05) is 16.8 Å². The minimum absolute atomic E-state index is 0.0302. The summed E-state index contributed by atoms with van der Waals surface area (Å²) in [5.74, 6) is -0.0798. The Kier molecular flexibility index (Phi) is 4.71. The maximum absolute atomic E-state index is 12.9. The van der Waals surface area contributed by atoms with E-state index in [1.807, 2.05) is 0 Å². The van der Waals surface area contributed by atoms with E-state index >= 15 is 0 Å². The highest BCUT2D eigenvalue weighted by Gasteiger charge is 2.31. The molecule has 1 aromatic carbocycles. The van der Waals surface area contributed by atoms with Gasteiger partial charge in [0.2, 0.25) is 5.91 Å². The summed E-state index contributed by atoms with van der Waals surface area (Å²) in [7, 11) is -3.05. The number of benzene rings is 1. The van der Waals surface area contributed by atoms with Gasteiger partial charge >= 0.3 is 0 Å². The smallest absolute Gasteiger partial charge is 0.249 e. The van der Waals surface area contributed by atoms with Crippen LogP contribution in [-0.2, 0) is 14.6 Å². The van der Waals surface area contributed by atoms with E-state index in [4.69, 9.17) is 0 Å². The first-order valence-corrected chi connectivity index (χ1v) is 9.66. The molecule has 0 radical (unpaired) electrons. The summed E-state index contributed by atoms with van der Waals surface area (Å²) >= 11 is 0. The number of hydrogen-bond acceptors (Lipinski definition) is 4. The van der Waals surface area contributed by atoms with E-state index in [-0.39, 0.29) is 29.3 Å². The Morgan fingerprint density at radius 3 is 2.72 bits per heavy atom. The van der Waals surface area contributed by atoms with Crippen LogP contribution in [0.5, 0.6) is 0 Å². The first kappa shape index (κ1) is 17.3. The summed E-state index contributed by atoms with van der Waals surface area (Å²) in [5.41, 5.74) is 1.39. The zero-order valence-corrected chi connectivity index (χ0v) is 14.5. The number of aromatic nitrogens is 2. The molecule has 0 spiro atoms. The van der Waals surface area contributed by atoms with Gasteiger partial charge in [-0.25, -0.2) is 17.5 Å². The number of nitrogens with one attached hydrogen (secondary N) is 1. The molecule has 0 aliphatic carbocycles. The molecule has 2 aromatic rings. The number of halogens is 1. The molecule has 1 aromatic heterocycles. The lowest BCUT2D eigenvalue weighted by molar-refractivity contribution is -0.111. The van der Waals surface area contributed by atoms with E-state index in [0.29, 0.717) is 23.5 Å². The van der Waals surface area contributed by atoms with Crippen molar-refractivity contribution in [3.05, 3.63) is 53.5 Å². The molecule has 1 aliphatic rings. The fourth-order valence-corrected chi connectivity index (χ4v) is 4.46. The fourth-order valence-electron chi connectivity index (χ4n) is 2.77. The highest BCUT2D eigenvalue weighted by Crippen LogP contribution is 2.27. The number of carbonyl (C=O) groups excluding carboxylic acids is 1. The van der Waals surface area contributed by atoms with E-state index in [2.05, 4.69) is 10.4 Å². The molecule has 25 heavy (non-hydrogen) atoms. The van der Waals surface area contributed by atoms with Crippen LogP contribution in [0, 0.1) is 12.7 Å². The van der Waals surface area contributed by atoms with Crippen LogP contribution in [-0.4, -0.2) is 35.6 Å². The molecule has 2 heterocycles. The average Bonchev–Trinajstić information content (AvgIpc) is 3.08. The summed E-state index contributed by atoms with van der Waals surface area (Å²) < 4.78 is 37.8. The Bertz CT molecular complexity index is 917. The van der Waals surface area contributed by atoms with E-state index in [1.54, 1.807) is 35.9 Å². The molecule has 1 N–H and O–H groups in total. The largest absolute Gasteiger partial charge is 0.307 e. The van der Waals surface area contributed by atoms with Crippen LogP contribution in [0.4, 0.5) is 10.2 Å². The van der Waals surface area contributed by atoms with Crippen molar-refractivity contribution in [3.63, 3.8) is 0 Å². The summed E-state index contributed by atoms with van der Waals surface area (Å²) in [4.78, 5) is 12.1. The predicted molar refractivity (Wildman–Crippen MR) is 93.3 cm³/mol. The lowest BCUT2D eigenvalue weighted by Crippen LogP contribution is -2.18. The van der Waals surface area contributed by atoms with Gasteiger partial charge in [-0.3, -0.25) is 4.79 Å². The van der Waals surface area contributed by atoms with Crippen molar-refractivity contribution in [1.29, 1.82) is 0 Å². The number of sulfone groups is 1. The summed E-state index contributed by atoms with van der Waals surface area (Å²) in [6.07, 6.45) is 3.39. The highest BCUT2D eigenvalue weighted by molar-refractivity contribution is 7.91. The number of carbonyl (C=O) groups is 1. The van der Waals surface area contributed by atoms with Gasteiger partial charge < -0.3 is 5.32 Å². The molecule has 8 heteroatoms. The Morgan fingerprint density at radius 1 is 1.36 bits per heavy atom. The molecule has 1 unspecified atom stereocenters. The summed E-state index contributed by atoms with van der Waals surface area (Å²) in [6, 6.07) is 7.20. The molecule has 1 amide bonds. The van der Waals surface area contributed by atoms with E-state index in [9.17, 15) is 17.6 Å². The average molecular weight is 363 g/mol. The topological polar surface area (TPSA) is 81.1 Å². The maximum Gasteiger partial charge on any atom is 0.249 e. The molecular formula is C17H18FN3O3S. The molecule has 132 valence electrons. The van der Waals surface area contributed by atoms with Crippen molar-refractivity contribution in [2.45, 2.75) is 19.4 Å². The molecule has 3 rings (SSSR count). The van der Waals surface area contributed by atoms with Crippen LogP contribution in [0.15, 0.2) is 36.4 Å². The third-order valence-corrected chi connectivity index (χ3v) is 5.71. The van der Waals surface area contributed by atoms with Crippen LogP contribution in [0.3, 0.4) is 0 Å². The fraction of sp³-hybridized carbons (Fsp3) is 0.294. The molecule has 0 bridgehead atoms. The van der Waals surface area contributed by atoms with Crippen LogP contribution in [0.25, 0.3) is 6.08 Å². The van der Waals surface area contributed by atoms with Gasteiger partial charge in [0.15, 0.2) is 9.84 Å². The van der Waals surface area contributed by atoms with Gasteiger partial charge in [0.25, 0.3) is 0 Å². The van der Waals surface area contributed by atoms with E-state index in [1.165, 1.54) is 18.2 Å². The van der Waals surface area contributed by atoms with Crippen molar-refractivity contribution < 1.29 is 17.6 Å². The number of hydrogen-bond donors (Lipinski definition) is 1. The zero-order chi connectivity index (χ0) is 18.0. The first-order valence-electron chi connectivity index (χ1n) is 7.84. The second-order valence-electron chi connectivity index (χ2n) is 6.05. The minimum Gasteiger partial charge on any atom is -0.307 e. The summed E-state index contributed by atoms with van der Waals surface area (Å²) in [6.45, 7) is 1.78. The maximum atomic E-state index is 12.9. The summed E-state index contributed by atoms with van der Waals surface area (Å²) in [5, 5.41) is 7.03. The molecule has 0 saturated carbocycles. The number of amides is 1. The number of anilines is 1. The van der Waals surface area contributed by atoms with Gasteiger partial charge in [-0.2, -0.15) is 5.10 Å². The van der Waals surface area contributed by atoms with Crippen LogP contribution in [0.2, 0.25) is 0 Å². The predicted octanol–water partition coefficient (Wildman–Crippen LogP) is 2.34. The lowest BCUT2D eigenvalue weighted by Gasteiger charge is -2.13. The third-order valence-electron chi connectivity index (χ3n) is 3.96. The SMILES string of the molecule is Cc1cc(NC(=O)/C=C/c2ccc(F)cc2)n(C2CCS(=O)(=O)C2)n1. The molecule has 1 saturated heterocycles. The second kappa shape index (κ2) is 6.79.